The molecule has 0 radical (unpaired) electrons. The Bertz CT molecular complexity index is 1020. The molecule has 3 aromatic rings. The molecule has 1 aliphatic heterocycles. The standard InChI is InChI=1S/C17H13N5O5/c23-17(19-7-11-1-4-15-16(5-11)27-10-26-15)13-6-12(21-9-18-8-20-21)2-3-14(13)22(24)25/h1-6,8-9H,7,10H2,(H,19,23). The number of nitrogens with one attached hydrogen (secondary N) is 1. The Morgan fingerprint density at radius 2 is 2.07 bits per heavy atom. The minimum atomic E-state index is -0.597. The summed E-state index contributed by atoms with van der Waals surface area (Å²) >= 11 is 0. The van der Waals surface area contributed by atoms with E-state index in [0.29, 0.717) is 17.2 Å². The third-order valence-corrected chi connectivity index (χ3v) is 3.99. The van der Waals surface area contributed by atoms with E-state index in [1.807, 2.05) is 0 Å². The third-order valence-electron chi connectivity index (χ3n) is 3.99. The summed E-state index contributed by atoms with van der Waals surface area (Å²) in [7, 11) is 0. The summed E-state index contributed by atoms with van der Waals surface area (Å²) in [5, 5.41) is 17.9. The smallest absolute Gasteiger partial charge is 0.282 e. The van der Waals surface area contributed by atoms with Gasteiger partial charge in [0.1, 0.15) is 18.2 Å². The van der Waals surface area contributed by atoms with Crippen LogP contribution in [0, 0.1) is 10.1 Å². The van der Waals surface area contributed by atoms with Gasteiger partial charge in [0.2, 0.25) is 6.79 Å². The van der Waals surface area contributed by atoms with Crippen molar-refractivity contribution in [1.29, 1.82) is 0 Å². The van der Waals surface area contributed by atoms with Crippen LogP contribution < -0.4 is 14.8 Å². The number of benzene rings is 2. The number of aromatic nitrogens is 3. The number of nitro groups is 1. The summed E-state index contributed by atoms with van der Waals surface area (Å²) in [4.78, 5) is 27.1. The van der Waals surface area contributed by atoms with Gasteiger partial charge < -0.3 is 14.8 Å². The van der Waals surface area contributed by atoms with Crippen LogP contribution in [0.15, 0.2) is 49.1 Å². The van der Waals surface area contributed by atoms with Gasteiger partial charge in [-0.2, -0.15) is 5.10 Å². The molecule has 0 atom stereocenters. The van der Waals surface area contributed by atoms with Gasteiger partial charge in [-0.05, 0) is 29.8 Å². The van der Waals surface area contributed by atoms with Crippen molar-refractivity contribution in [2.45, 2.75) is 6.54 Å². The van der Waals surface area contributed by atoms with Crippen LogP contribution in [0.4, 0.5) is 5.69 Å². The molecule has 0 saturated carbocycles. The normalized spacial score (nSPS) is 12.0. The lowest BCUT2D eigenvalue weighted by atomic mass is 10.1. The van der Waals surface area contributed by atoms with Crippen LogP contribution in [0.5, 0.6) is 11.5 Å². The van der Waals surface area contributed by atoms with E-state index in [9.17, 15) is 14.9 Å². The summed E-state index contributed by atoms with van der Waals surface area (Å²) in [6, 6.07) is 9.46. The Morgan fingerprint density at radius 3 is 2.85 bits per heavy atom. The highest BCUT2D eigenvalue weighted by Gasteiger charge is 2.21. The van der Waals surface area contributed by atoms with Crippen LogP contribution in [0.25, 0.3) is 5.69 Å². The van der Waals surface area contributed by atoms with E-state index in [1.165, 1.54) is 35.5 Å². The largest absolute Gasteiger partial charge is 0.454 e. The number of nitro benzene ring substituents is 1. The molecule has 0 spiro atoms. The van der Waals surface area contributed by atoms with E-state index in [0.717, 1.165) is 5.56 Å². The molecule has 2 aromatic carbocycles. The number of nitrogens with zero attached hydrogens (tertiary/aromatic N) is 4. The quantitative estimate of drug-likeness (QED) is 0.539. The van der Waals surface area contributed by atoms with Gasteiger partial charge in [0.15, 0.2) is 11.5 Å². The zero-order valence-corrected chi connectivity index (χ0v) is 13.9. The SMILES string of the molecule is O=C(NCc1ccc2c(c1)OCO2)c1cc(-n2cncn2)ccc1[N+](=O)[O-]. The fourth-order valence-corrected chi connectivity index (χ4v) is 2.68. The lowest BCUT2D eigenvalue weighted by Gasteiger charge is -2.08. The van der Waals surface area contributed by atoms with Crippen LogP contribution >= 0.6 is 0 Å². The van der Waals surface area contributed by atoms with Crippen LogP contribution in [0.2, 0.25) is 0 Å². The van der Waals surface area contributed by atoms with E-state index < -0.39 is 10.8 Å². The fourth-order valence-electron chi connectivity index (χ4n) is 2.68. The van der Waals surface area contributed by atoms with Crippen molar-refractivity contribution in [2.75, 3.05) is 6.79 Å². The van der Waals surface area contributed by atoms with Crippen LogP contribution in [-0.4, -0.2) is 32.4 Å². The second kappa shape index (κ2) is 6.75. The third kappa shape index (κ3) is 3.27. The molecule has 136 valence electrons. The highest BCUT2D eigenvalue weighted by molar-refractivity contribution is 5.98. The van der Waals surface area contributed by atoms with Gasteiger partial charge in [-0.1, -0.05) is 6.07 Å². The first kappa shape index (κ1) is 16.5. The molecule has 27 heavy (non-hydrogen) atoms. The fraction of sp³-hybridized carbons (Fsp3) is 0.118. The lowest BCUT2D eigenvalue weighted by Crippen LogP contribution is -2.24. The minimum Gasteiger partial charge on any atom is -0.454 e. The monoisotopic (exact) mass is 367 g/mol. The van der Waals surface area contributed by atoms with Crippen LogP contribution in [0.1, 0.15) is 15.9 Å². The van der Waals surface area contributed by atoms with E-state index in [2.05, 4.69) is 15.4 Å². The molecule has 1 amide bonds. The average molecular weight is 367 g/mol. The maximum atomic E-state index is 12.6. The van der Waals surface area contributed by atoms with Gasteiger partial charge in [0, 0.05) is 12.6 Å². The average Bonchev–Trinajstić information content (AvgIpc) is 3.36. The summed E-state index contributed by atoms with van der Waals surface area (Å²) in [6.07, 6.45) is 2.77. The molecule has 0 aliphatic carbocycles. The molecule has 10 heteroatoms. The van der Waals surface area contributed by atoms with Crippen LogP contribution in [-0.2, 0) is 6.54 Å². The summed E-state index contributed by atoms with van der Waals surface area (Å²) in [5.41, 5.74) is 0.921. The Labute approximate surface area is 152 Å². The molecule has 0 unspecified atom stereocenters. The van der Waals surface area contributed by atoms with Crippen LogP contribution in [0.3, 0.4) is 0 Å². The van der Waals surface area contributed by atoms with Crippen molar-refractivity contribution in [3.8, 4) is 17.2 Å². The molecule has 0 bridgehead atoms. The number of carbonyl (C=O) groups is 1. The number of rotatable bonds is 5. The molecule has 1 N–H and O–H groups in total. The highest BCUT2D eigenvalue weighted by Crippen LogP contribution is 2.32. The number of ether oxygens (including phenoxy) is 2. The highest BCUT2D eigenvalue weighted by atomic mass is 16.7. The second-order valence-electron chi connectivity index (χ2n) is 5.67. The van der Waals surface area contributed by atoms with Crippen molar-refractivity contribution < 1.29 is 19.2 Å². The van der Waals surface area contributed by atoms with E-state index >= 15 is 0 Å². The Hall–Kier alpha value is -3.95. The van der Waals surface area contributed by atoms with Gasteiger partial charge in [-0.25, -0.2) is 9.67 Å². The first-order valence-electron chi connectivity index (χ1n) is 7.92. The first-order chi connectivity index (χ1) is 13.1. The molecule has 2 heterocycles. The summed E-state index contributed by atoms with van der Waals surface area (Å²) in [5.74, 6) is 0.670. The number of amides is 1. The molecule has 0 saturated heterocycles. The zero-order chi connectivity index (χ0) is 18.8. The minimum absolute atomic E-state index is 0.0613. The molecule has 0 fully saturated rings. The number of hydrogen-bond acceptors (Lipinski definition) is 7. The molecule has 1 aromatic heterocycles. The maximum Gasteiger partial charge on any atom is 0.282 e. The Morgan fingerprint density at radius 1 is 1.22 bits per heavy atom. The second-order valence-corrected chi connectivity index (χ2v) is 5.67. The van der Waals surface area contributed by atoms with E-state index in [4.69, 9.17) is 9.47 Å². The predicted molar refractivity (Wildman–Crippen MR) is 91.7 cm³/mol. The van der Waals surface area contributed by atoms with Crippen molar-refractivity contribution in [1.82, 2.24) is 20.1 Å². The van der Waals surface area contributed by atoms with Gasteiger partial charge in [0.25, 0.3) is 11.6 Å². The van der Waals surface area contributed by atoms with E-state index in [1.54, 1.807) is 18.2 Å². The summed E-state index contributed by atoms with van der Waals surface area (Å²) in [6.45, 7) is 0.340. The van der Waals surface area contributed by atoms with Gasteiger partial charge in [0.05, 0.1) is 10.6 Å². The topological polar surface area (TPSA) is 121 Å². The predicted octanol–water partition coefficient (Wildman–Crippen LogP) is 1.83. The molecule has 4 rings (SSSR count). The molecule has 10 nitrogen and oxygen atoms in total. The molecular formula is C17H13N5O5. The zero-order valence-electron chi connectivity index (χ0n) is 13.9. The Kier molecular flexibility index (Phi) is 4.13. The van der Waals surface area contributed by atoms with Crippen molar-refractivity contribution in [3.05, 3.63) is 70.3 Å². The van der Waals surface area contributed by atoms with Crippen molar-refractivity contribution >= 4 is 11.6 Å². The first-order valence-corrected chi connectivity index (χ1v) is 7.92. The van der Waals surface area contributed by atoms with E-state index in [-0.39, 0.29) is 24.6 Å². The number of fused-ring (bicyclic) bond motifs is 1. The van der Waals surface area contributed by atoms with Gasteiger partial charge >= 0.3 is 0 Å². The van der Waals surface area contributed by atoms with Crippen molar-refractivity contribution in [3.63, 3.8) is 0 Å². The molecular weight excluding hydrogens is 354 g/mol. The number of hydrogen-bond donors (Lipinski definition) is 1. The number of carbonyl (C=O) groups excluding carboxylic acids is 1. The van der Waals surface area contributed by atoms with Crippen molar-refractivity contribution in [2.24, 2.45) is 0 Å². The Balaban J connectivity index is 1.56. The lowest BCUT2D eigenvalue weighted by molar-refractivity contribution is -0.385. The molecule has 1 aliphatic rings. The summed E-state index contributed by atoms with van der Waals surface area (Å²) < 4.78 is 12.0. The van der Waals surface area contributed by atoms with Gasteiger partial charge in [-0.15, -0.1) is 0 Å². The maximum absolute atomic E-state index is 12.6. The van der Waals surface area contributed by atoms with Gasteiger partial charge in [-0.3, -0.25) is 14.9 Å².